The molecule has 0 saturated heterocycles. The molecule has 9 heteroatoms. The number of ether oxygens (including phenoxy) is 1. The van der Waals surface area contributed by atoms with E-state index in [9.17, 15) is 9.59 Å². The summed E-state index contributed by atoms with van der Waals surface area (Å²) in [5.41, 5.74) is 3.01. The van der Waals surface area contributed by atoms with Crippen LogP contribution < -0.4 is 10.6 Å². The van der Waals surface area contributed by atoms with Crippen LogP contribution in [0.4, 0.5) is 11.4 Å². The van der Waals surface area contributed by atoms with Crippen molar-refractivity contribution < 1.29 is 14.3 Å². The molecule has 1 heterocycles. The summed E-state index contributed by atoms with van der Waals surface area (Å²) >= 11 is 0. The summed E-state index contributed by atoms with van der Waals surface area (Å²) in [6.07, 6.45) is 0. The Hall–Kier alpha value is -3.75. The first-order valence-electron chi connectivity index (χ1n) is 8.64. The molecular formula is C19H20N6O3. The molecule has 0 atom stereocenters. The maximum Gasteiger partial charge on any atom is 0.337 e. The van der Waals surface area contributed by atoms with Gasteiger partial charge in [0, 0.05) is 29.0 Å². The summed E-state index contributed by atoms with van der Waals surface area (Å²) in [5.74, 6) is -0.210. The monoisotopic (exact) mass is 380 g/mol. The lowest BCUT2D eigenvalue weighted by Crippen LogP contribution is -2.22. The number of carbonyl (C=O) groups excluding carboxylic acids is 2. The Kier molecular flexibility index (Phi) is 5.64. The molecule has 0 aliphatic heterocycles. The molecule has 1 aromatic heterocycles. The van der Waals surface area contributed by atoms with Gasteiger partial charge in [-0.05, 0) is 54.6 Å². The first-order chi connectivity index (χ1) is 13.5. The lowest BCUT2D eigenvalue weighted by molar-refractivity contribution is 0.0600. The molecule has 2 aromatic carbocycles. The fourth-order valence-electron chi connectivity index (χ4n) is 2.60. The molecule has 0 fully saturated rings. The summed E-state index contributed by atoms with van der Waals surface area (Å²) in [5, 5.41) is 18.1. The second kappa shape index (κ2) is 8.30. The highest BCUT2D eigenvalue weighted by Crippen LogP contribution is 2.29. The van der Waals surface area contributed by atoms with E-state index < -0.39 is 5.97 Å². The first kappa shape index (κ1) is 19.0. The summed E-state index contributed by atoms with van der Waals surface area (Å²) in [7, 11) is 2.98. The second-order valence-electron chi connectivity index (χ2n) is 5.92. The Morgan fingerprint density at radius 2 is 1.82 bits per heavy atom. The number of nitrogens with zero attached hydrogens (tertiary/aromatic N) is 4. The number of esters is 1. The van der Waals surface area contributed by atoms with E-state index in [2.05, 4.69) is 26.0 Å². The number of tetrazole rings is 1. The number of hydrogen-bond acceptors (Lipinski definition) is 7. The number of methoxy groups -OCH3 is 1. The number of hydrogen-bond donors (Lipinski definition) is 2. The maximum atomic E-state index is 11.9. The minimum atomic E-state index is -0.456. The molecule has 3 rings (SSSR count). The van der Waals surface area contributed by atoms with Gasteiger partial charge in [0.1, 0.15) is 0 Å². The van der Waals surface area contributed by atoms with Crippen LogP contribution in [0.1, 0.15) is 27.6 Å². The normalized spacial score (nSPS) is 10.4. The molecule has 144 valence electrons. The number of nitrogens with one attached hydrogen (secondary N) is 2. The van der Waals surface area contributed by atoms with E-state index >= 15 is 0 Å². The molecule has 2 N–H and O–H groups in total. The SMILES string of the molecule is CCNC(=O)c1ccc(Nc2ccc(C(=O)OC)cc2-c2nnn(C)n2)cc1. The van der Waals surface area contributed by atoms with E-state index in [1.54, 1.807) is 49.5 Å². The van der Waals surface area contributed by atoms with Crippen LogP contribution in [0.25, 0.3) is 11.4 Å². The molecule has 0 aliphatic rings. The van der Waals surface area contributed by atoms with Crippen LogP contribution in [0.5, 0.6) is 0 Å². The molecule has 0 saturated carbocycles. The molecule has 1 amide bonds. The molecule has 0 bridgehead atoms. The standard InChI is InChI=1S/C19H20N6O3/c1-4-20-18(26)12-5-8-14(9-6-12)21-16-10-7-13(19(27)28-3)11-15(16)17-22-24-25(2)23-17/h5-11,21H,4H2,1-3H3,(H,20,26). The average Bonchev–Trinajstić information content (AvgIpc) is 3.14. The van der Waals surface area contributed by atoms with E-state index in [-0.39, 0.29) is 5.91 Å². The van der Waals surface area contributed by atoms with Crippen LogP contribution in [0.3, 0.4) is 0 Å². The van der Waals surface area contributed by atoms with Crippen molar-refractivity contribution in [3.8, 4) is 11.4 Å². The zero-order valence-electron chi connectivity index (χ0n) is 15.8. The highest BCUT2D eigenvalue weighted by molar-refractivity contribution is 5.95. The molecule has 28 heavy (non-hydrogen) atoms. The van der Waals surface area contributed by atoms with E-state index in [0.717, 1.165) is 5.69 Å². The molecule has 0 spiro atoms. The number of aryl methyl sites for hydroxylation is 1. The number of benzene rings is 2. The lowest BCUT2D eigenvalue weighted by atomic mass is 10.1. The van der Waals surface area contributed by atoms with Crippen molar-refractivity contribution in [2.45, 2.75) is 6.92 Å². The fourth-order valence-corrected chi connectivity index (χ4v) is 2.60. The Labute approximate surface area is 161 Å². The predicted molar refractivity (Wildman–Crippen MR) is 103 cm³/mol. The number of aromatic nitrogens is 4. The predicted octanol–water partition coefficient (Wildman–Crippen LogP) is 2.16. The van der Waals surface area contributed by atoms with Crippen molar-refractivity contribution in [2.24, 2.45) is 7.05 Å². The van der Waals surface area contributed by atoms with Crippen molar-refractivity contribution in [1.82, 2.24) is 25.5 Å². The molecular weight excluding hydrogens is 360 g/mol. The minimum absolute atomic E-state index is 0.124. The minimum Gasteiger partial charge on any atom is -0.465 e. The Morgan fingerprint density at radius 3 is 2.43 bits per heavy atom. The zero-order chi connectivity index (χ0) is 20.1. The van der Waals surface area contributed by atoms with E-state index in [0.29, 0.717) is 34.7 Å². The van der Waals surface area contributed by atoms with Gasteiger partial charge in [-0.15, -0.1) is 10.2 Å². The molecule has 0 unspecified atom stereocenters. The van der Waals surface area contributed by atoms with E-state index in [4.69, 9.17) is 4.74 Å². The van der Waals surface area contributed by atoms with E-state index in [1.165, 1.54) is 11.9 Å². The molecule has 0 radical (unpaired) electrons. The third-order valence-corrected chi connectivity index (χ3v) is 3.95. The van der Waals surface area contributed by atoms with Crippen LogP contribution in [0.15, 0.2) is 42.5 Å². The van der Waals surface area contributed by atoms with Gasteiger partial charge < -0.3 is 15.4 Å². The van der Waals surface area contributed by atoms with Crippen LogP contribution >= 0.6 is 0 Å². The molecule has 3 aromatic rings. The van der Waals surface area contributed by atoms with Crippen LogP contribution in [0, 0.1) is 0 Å². The van der Waals surface area contributed by atoms with Gasteiger partial charge in [-0.1, -0.05) is 0 Å². The largest absolute Gasteiger partial charge is 0.465 e. The Bertz CT molecular complexity index is 997. The summed E-state index contributed by atoms with van der Waals surface area (Å²) in [4.78, 5) is 25.1. The van der Waals surface area contributed by atoms with Gasteiger partial charge in [-0.3, -0.25) is 4.79 Å². The smallest absolute Gasteiger partial charge is 0.337 e. The van der Waals surface area contributed by atoms with Gasteiger partial charge in [0.05, 0.1) is 19.7 Å². The average molecular weight is 380 g/mol. The van der Waals surface area contributed by atoms with Gasteiger partial charge in [0.15, 0.2) is 0 Å². The Morgan fingerprint density at radius 1 is 1.11 bits per heavy atom. The maximum absolute atomic E-state index is 11.9. The van der Waals surface area contributed by atoms with Gasteiger partial charge >= 0.3 is 5.97 Å². The lowest BCUT2D eigenvalue weighted by Gasteiger charge is -2.12. The van der Waals surface area contributed by atoms with Crippen LogP contribution in [0.2, 0.25) is 0 Å². The van der Waals surface area contributed by atoms with Crippen LogP contribution in [-0.4, -0.2) is 45.7 Å². The van der Waals surface area contributed by atoms with Gasteiger partial charge in [0.25, 0.3) is 5.91 Å². The molecule has 9 nitrogen and oxygen atoms in total. The highest BCUT2D eigenvalue weighted by Gasteiger charge is 2.15. The van der Waals surface area contributed by atoms with Gasteiger partial charge in [-0.25, -0.2) is 4.79 Å². The number of rotatable bonds is 6. The van der Waals surface area contributed by atoms with Crippen molar-refractivity contribution in [3.63, 3.8) is 0 Å². The zero-order valence-corrected chi connectivity index (χ0v) is 15.8. The first-order valence-corrected chi connectivity index (χ1v) is 8.64. The van der Waals surface area contributed by atoms with Crippen molar-refractivity contribution in [1.29, 1.82) is 0 Å². The van der Waals surface area contributed by atoms with Gasteiger partial charge in [-0.2, -0.15) is 4.80 Å². The number of carbonyl (C=O) groups is 2. The number of anilines is 2. The molecule has 0 aliphatic carbocycles. The summed E-state index contributed by atoms with van der Waals surface area (Å²) < 4.78 is 4.79. The topological polar surface area (TPSA) is 111 Å². The van der Waals surface area contributed by atoms with Gasteiger partial charge in [0.2, 0.25) is 5.82 Å². The van der Waals surface area contributed by atoms with Crippen molar-refractivity contribution in [3.05, 3.63) is 53.6 Å². The third kappa shape index (κ3) is 4.14. The quantitative estimate of drug-likeness (QED) is 0.630. The van der Waals surface area contributed by atoms with Crippen molar-refractivity contribution >= 4 is 23.3 Å². The Balaban J connectivity index is 1.92. The second-order valence-corrected chi connectivity index (χ2v) is 5.92. The summed E-state index contributed by atoms with van der Waals surface area (Å²) in [6.45, 7) is 2.44. The fraction of sp³-hybridized carbons (Fsp3) is 0.211. The summed E-state index contributed by atoms with van der Waals surface area (Å²) in [6, 6.07) is 12.1. The highest BCUT2D eigenvalue weighted by atomic mass is 16.5. The van der Waals surface area contributed by atoms with Crippen molar-refractivity contribution in [2.75, 3.05) is 19.0 Å². The van der Waals surface area contributed by atoms with E-state index in [1.807, 2.05) is 6.92 Å². The number of amides is 1. The van der Waals surface area contributed by atoms with Crippen LogP contribution in [-0.2, 0) is 11.8 Å². The third-order valence-electron chi connectivity index (χ3n) is 3.95.